The molecule has 3 N–H and O–H groups in total. The van der Waals surface area contributed by atoms with Crippen LogP contribution in [0.25, 0.3) is 0 Å². The molecule has 1 saturated carbocycles. The summed E-state index contributed by atoms with van der Waals surface area (Å²) in [7, 11) is 0. The van der Waals surface area contributed by atoms with E-state index in [0.717, 1.165) is 32.1 Å². The van der Waals surface area contributed by atoms with Gasteiger partial charge in [0.25, 0.3) is 0 Å². The number of hydrogen-bond acceptors (Lipinski definition) is 2. The van der Waals surface area contributed by atoms with Crippen molar-refractivity contribution in [2.45, 2.75) is 44.2 Å². The lowest BCUT2D eigenvalue weighted by atomic mass is 10.1. The zero-order valence-corrected chi connectivity index (χ0v) is 6.94. The van der Waals surface area contributed by atoms with E-state index in [1.807, 2.05) is 0 Å². The maximum Gasteiger partial charge on any atom is 0.0540 e. The summed E-state index contributed by atoms with van der Waals surface area (Å²) in [5.74, 6) is 0. The number of hydrogen-bond donors (Lipinski definition) is 2. The number of halogens is 1. The highest BCUT2D eigenvalue weighted by Crippen LogP contribution is 2.15. The first-order chi connectivity index (χ1) is 4.29. The van der Waals surface area contributed by atoms with Gasteiger partial charge in [-0.3, -0.25) is 0 Å². The second-order valence-electron chi connectivity index (χ2n) is 2.92. The van der Waals surface area contributed by atoms with E-state index < -0.39 is 0 Å². The van der Waals surface area contributed by atoms with Crippen LogP contribution in [0.2, 0.25) is 0 Å². The summed E-state index contributed by atoms with van der Waals surface area (Å²) in [5.41, 5.74) is 5.69. The van der Waals surface area contributed by atoms with Crippen molar-refractivity contribution in [2.24, 2.45) is 5.73 Å². The summed E-state index contributed by atoms with van der Waals surface area (Å²) >= 11 is 0. The second-order valence-corrected chi connectivity index (χ2v) is 2.92. The van der Waals surface area contributed by atoms with Gasteiger partial charge in [-0.05, 0) is 32.1 Å². The zero-order chi connectivity index (χ0) is 6.69. The van der Waals surface area contributed by atoms with Crippen LogP contribution in [0.3, 0.4) is 0 Å². The first kappa shape index (κ1) is 10.2. The van der Waals surface area contributed by atoms with Crippen LogP contribution in [0, 0.1) is 0 Å². The number of nitrogens with two attached hydrogens (primary N) is 1. The van der Waals surface area contributed by atoms with E-state index in [1.54, 1.807) is 0 Å². The summed E-state index contributed by atoms with van der Waals surface area (Å²) < 4.78 is 0. The minimum Gasteiger partial charge on any atom is -0.393 e. The summed E-state index contributed by atoms with van der Waals surface area (Å²) in [6.45, 7) is 0. The molecule has 1 aliphatic rings. The Labute approximate surface area is 68.2 Å². The maximum absolute atomic E-state index is 9.15. The van der Waals surface area contributed by atoms with E-state index in [2.05, 4.69) is 0 Å². The summed E-state index contributed by atoms with van der Waals surface area (Å²) in [6.07, 6.45) is 4.98. The van der Waals surface area contributed by atoms with Gasteiger partial charge in [-0.2, -0.15) is 0 Å². The maximum atomic E-state index is 9.15. The summed E-state index contributed by atoms with van der Waals surface area (Å²) in [5, 5.41) is 9.15. The minimum absolute atomic E-state index is 0. The van der Waals surface area contributed by atoms with E-state index in [-0.39, 0.29) is 18.5 Å². The van der Waals surface area contributed by atoms with E-state index in [1.165, 1.54) is 0 Å². The second kappa shape index (κ2) is 4.94. The number of rotatable bonds is 0. The fourth-order valence-electron chi connectivity index (χ4n) is 1.31. The molecule has 1 fully saturated rings. The third-order valence-electron chi connectivity index (χ3n) is 1.98. The van der Waals surface area contributed by atoms with E-state index >= 15 is 0 Å². The van der Waals surface area contributed by atoms with Gasteiger partial charge in [0.1, 0.15) is 0 Å². The van der Waals surface area contributed by atoms with Crippen molar-refractivity contribution in [3.63, 3.8) is 0 Å². The molecule has 1 rings (SSSR count). The van der Waals surface area contributed by atoms with Crippen LogP contribution in [-0.4, -0.2) is 17.3 Å². The molecule has 2 nitrogen and oxygen atoms in total. The Kier molecular flexibility index (Phi) is 5.04. The van der Waals surface area contributed by atoms with Gasteiger partial charge in [-0.25, -0.2) is 0 Å². The SMILES string of the molecule is Cl.NC1CCCC(O)CC1. The normalized spacial score (nSPS) is 34.2. The van der Waals surface area contributed by atoms with Gasteiger partial charge in [-0.1, -0.05) is 0 Å². The first-order valence-electron chi connectivity index (χ1n) is 3.72. The van der Waals surface area contributed by atoms with E-state index in [4.69, 9.17) is 10.8 Å². The molecule has 10 heavy (non-hydrogen) atoms. The van der Waals surface area contributed by atoms with Crippen LogP contribution in [0.5, 0.6) is 0 Å². The molecule has 3 heteroatoms. The average Bonchev–Trinajstić information content (AvgIpc) is 1.97. The third kappa shape index (κ3) is 3.40. The topological polar surface area (TPSA) is 46.2 Å². The van der Waals surface area contributed by atoms with E-state index in [9.17, 15) is 0 Å². The van der Waals surface area contributed by atoms with Gasteiger partial charge in [0.05, 0.1) is 6.10 Å². The largest absolute Gasteiger partial charge is 0.393 e. The van der Waals surface area contributed by atoms with Gasteiger partial charge in [0.15, 0.2) is 0 Å². The Balaban J connectivity index is 0.000000810. The fourth-order valence-corrected chi connectivity index (χ4v) is 1.31. The summed E-state index contributed by atoms with van der Waals surface area (Å²) in [6, 6.07) is 0.349. The zero-order valence-electron chi connectivity index (χ0n) is 6.12. The molecule has 0 saturated heterocycles. The predicted octanol–water partition coefficient (Wildman–Crippen LogP) is 1.06. The van der Waals surface area contributed by atoms with Gasteiger partial charge in [-0.15, -0.1) is 12.4 Å². The van der Waals surface area contributed by atoms with Crippen molar-refractivity contribution >= 4 is 12.4 Å². The van der Waals surface area contributed by atoms with Gasteiger partial charge in [0.2, 0.25) is 0 Å². The molecule has 0 aliphatic heterocycles. The lowest BCUT2D eigenvalue weighted by Crippen LogP contribution is -2.18. The highest BCUT2D eigenvalue weighted by molar-refractivity contribution is 5.85. The predicted molar refractivity (Wildman–Crippen MR) is 44.3 cm³/mol. The smallest absolute Gasteiger partial charge is 0.0540 e. The Hall–Kier alpha value is 0.210. The molecule has 0 spiro atoms. The van der Waals surface area contributed by atoms with E-state index in [0.29, 0.717) is 6.04 Å². The molecule has 0 bridgehead atoms. The van der Waals surface area contributed by atoms with Gasteiger partial charge in [0, 0.05) is 6.04 Å². The van der Waals surface area contributed by atoms with Crippen molar-refractivity contribution in [1.29, 1.82) is 0 Å². The molecule has 62 valence electrons. The van der Waals surface area contributed by atoms with Crippen molar-refractivity contribution in [1.82, 2.24) is 0 Å². The third-order valence-corrected chi connectivity index (χ3v) is 1.98. The highest BCUT2D eigenvalue weighted by Gasteiger charge is 2.12. The van der Waals surface area contributed by atoms with Crippen LogP contribution in [0.15, 0.2) is 0 Å². The molecular weight excluding hydrogens is 150 g/mol. The Morgan fingerprint density at radius 2 is 1.80 bits per heavy atom. The molecular formula is C7H16ClNO. The lowest BCUT2D eigenvalue weighted by Gasteiger charge is -2.05. The Bertz CT molecular complexity index is 79.7. The fraction of sp³-hybridized carbons (Fsp3) is 1.00. The molecule has 1 aliphatic carbocycles. The Morgan fingerprint density at radius 3 is 2.50 bits per heavy atom. The standard InChI is InChI=1S/C7H15NO.ClH/c8-6-2-1-3-7(9)5-4-6;/h6-7,9H,1-5,8H2;1H. The monoisotopic (exact) mass is 165 g/mol. The average molecular weight is 166 g/mol. The quantitative estimate of drug-likeness (QED) is 0.528. The van der Waals surface area contributed by atoms with Crippen LogP contribution in [0.1, 0.15) is 32.1 Å². The van der Waals surface area contributed by atoms with Crippen molar-refractivity contribution in [3.8, 4) is 0 Å². The van der Waals surface area contributed by atoms with Crippen LogP contribution < -0.4 is 5.73 Å². The number of aliphatic hydroxyl groups is 1. The molecule has 0 aromatic rings. The van der Waals surface area contributed by atoms with Gasteiger partial charge < -0.3 is 10.8 Å². The van der Waals surface area contributed by atoms with Crippen LogP contribution >= 0.6 is 12.4 Å². The minimum atomic E-state index is -0.0708. The van der Waals surface area contributed by atoms with Crippen LogP contribution in [0.4, 0.5) is 0 Å². The first-order valence-corrected chi connectivity index (χ1v) is 3.72. The number of aliphatic hydroxyl groups excluding tert-OH is 1. The van der Waals surface area contributed by atoms with Crippen LogP contribution in [-0.2, 0) is 0 Å². The molecule has 0 heterocycles. The Morgan fingerprint density at radius 1 is 1.10 bits per heavy atom. The molecule has 0 aromatic heterocycles. The molecule has 2 atom stereocenters. The van der Waals surface area contributed by atoms with Crippen molar-refractivity contribution in [2.75, 3.05) is 0 Å². The molecule has 0 aromatic carbocycles. The molecule has 0 amide bonds. The molecule has 0 radical (unpaired) electrons. The van der Waals surface area contributed by atoms with Gasteiger partial charge >= 0.3 is 0 Å². The van der Waals surface area contributed by atoms with Crippen molar-refractivity contribution < 1.29 is 5.11 Å². The summed E-state index contributed by atoms with van der Waals surface area (Å²) in [4.78, 5) is 0. The van der Waals surface area contributed by atoms with Crippen molar-refractivity contribution in [3.05, 3.63) is 0 Å². The molecule has 2 unspecified atom stereocenters. The highest BCUT2D eigenvalue weighted by atomic mass is 35.5. The lowest BCUT2D eigenvalue weighted by molar-refractivity contribution is 0.157.